The summed E-state index contributed by atoms with van der Waals surface area (Å²) in [6, 6.07) is 7.62. The first-order chi connectivity index (χ1) is 12.6. The van der Waals surface area contributed by atoms with Crippen LogP contribution in [-0.2, 0) is 11.8 Å². The summed E-state index contributed by atoms with van der Waals surface area (Å²) in [7, 11) is 1.80. The molecular weight excluding hydrogens is 354 g/mol. The topological polar surface area (TPSA) is 12.5 Å². The molecule has 2 saturated carbocycles. The van der Waals surface area contributed by atoms with Crippen LogP contribution in [0.1, 0.15) is 56.6 Å². The minimum absolute atomic E-state index is 0. The van der Waals surface area contributed by atoms with E-state index in [1.807, 2.05) is 0 Å². The Labute approximate surface area is 170 Å². The zero-order chi connectivity index (χ0) is 17.9. The van der Waals surface area contributed by atoms with Crippen molar-refractivity contribution in [2.75, 3.05) is 20.2 Å². The van der Waals surface area contributed by atoms with E-state index in [1.165, 1.54) is 63.6 Å². The molecule has 3 fully saturated rings. The summed E-state index contributed by atoms with van der Waals surface area (Å²) in [5.41, 5.74) is 4.94. The Bertz CT molecular complexity index is 727. The number of nitrogens with zero attached hydrogens (tertiary/aromatic N) is 1. The molecule has 3 aliphatic carbocycles. The number of rotatable bonds is 3. The first-order valence-electron chi connectivity index (χ1n) is 10.7. The second-order valence-corrected chi connectivity index (χ2v) is 9.63. The summed E-state index contributed by atoms with van der Waals surface area (Å²) in [6.45, 7) is 9.57. The van der Waals surface area contributed by atoms with Gasteiger partial charge in [-0.2, -0.15) is 0 Å². The van der Waals surface area contributed by atoms with E-state index in [2.05, 4.69) is 36.6 Å². The monoisotopic (exact) mass is 387 g/mol. The summed E-state index contributed by atoms with van der Waals surface area (Å²) in [5, 5.41) is 0. The van der Waals surface area contributed by atoms with Crippen LogP contribution in [0.5, 0.6) is 5.75 Å². The van der Waals surface area contributed by atoms with Crippen LogP contribution in [0.4, 0.5) is 0 Å². The van der Waals surface area contributed by atoms with E-state index in [-0.39, 0.29) is 12.4 Å². The van der Waals surface area contributed by atoms with E-state index < -0.39 is 0 Å². The van der Waals surface area contributed by atoms with Crippen molar-refractivity contribution in [2.24, 2.45) is 17.8 Å². The highest BCUT2D eigenvalue weighted by Gasteiger charge is 2.56. The van der Waals surface area contributed by atoms with Gasteiger partial charge in [0.2, 0.25) is 0 Å². The molecule has 1 aromatic rings. The van der Waals surface area contributed by atoms with E-state index in [0.717, 1.165) is 29.5 Å². The van der Waals surface area contributed by atoms with Gasteiger partial charge in [0.1, 0.15) is 5.75 Å². The highest BCUT2D eigenvalue weighted by molar-refractivity contribution is 5.85. The van der Waals surface area contributed by atoms with E-state index in [4.69, 9.17) is 4.74 Å². The Hall–Kier alpha value is -0.990. The van der Waals surface area contributed by atoms with Crippen molar-refractivity contribution < 1.29 is 4.74 Å². The van der Waals surface area contributed by atoms with Crippen LogP contribution < -0.4 is 4.74 Å². The quantitative estimate of drug-likeness (QED) is 0.645. The first-order valence-corrected chi connectivity index (χ1v) is 10.7. The summed E-state index contributed by atoms with van der Waals surface area (Å²) in [4.78, 5) is 2.89. The fourth-order valence-electron chi connectivity index (χ4n) is 6.95. The molecule has 3 heteroatoms. The molecule has 0 amide bonds. The Morgan fingerprint density at radius 1 is 1.26 bits per heavy atom. The van der Waals surface area contributed by atoms with Gasteiger partial charge in [0.05, 0.1) is 7.11 Å². The van der Waals surface area contributed by atoms with Gasteiger partial charge < -0.3 is 4.74 Å². The minimum atomic E-state index is 0. The number of hydrogen-bond acceptors (Lipinski definition) is 2. The molecule has 4 atom stereocenters. The summed E-state index contributed by atoms with van der Waals surface area (Å²) < 4.78 is 5.61. The number of allylic oxidation sites excluding steroid dienone is 1. The lowest BCUT2D eigenvalue weighted by molar-refractivity contribution is -0.0376. The number of hydrogen-bond donors (Lipinski definition) is 0. The van der Waals surface area contributed by atoms with Crippen molar-refractivity contribution in [3.05, 3.63) is 41.5 Å². The number of methoxy groups -OCH3 is 1. The molecule has 1 heterocycles. The fourth-order valence-corrected chi connectivity index (χ4v) is 6.95. The van der Waals surface area contributed by atoms with Crippen LogP contribution >= 0.6 is 12.4 Å². The van der Waals surface area contributed by atoms with Gasteiger partial charge in [-0.3, -0.25) is 4.90 Å². The average molecular weight is 388 g/mol. The molecule has 2 nitrogen and oxygen atoms in total. The van der Waals surface area contributed by atoms with Gasteiger partial charge in [-0.25, -0.2) is 0 Å². The zero-order valence-electron chi connectivity index (χ0n) is 16.9. The molecule has 1 saturated heterocycles. The van der Waals surface area contributed by atoms with Crippen LogP contribution in [0.15, 0.2) is 30.4 Å². The van der Waals surface area contributed by atoms with Crippen LogP contribution in [0, 0.1) is 17.8 Å². The summed E-state index contributed by atoms with van der Waals surface area (Å²) >= 11 is 0. The molecule has 27 heavy (non-hydrogen) atoms. The SMILES string of the molecule is C=C1C[C@H](C)[C@H]2[C@H]3Cc4ccc(OC)cc4[C@@]2(CCN3CC2CCC2)C1.Cl. The van der Waals surface area contributed by atoms with Crippen LogP contribution in [0.2, 0.25) is 0 Å². The number of halogens is 1. The maximum Gasteiger partial charge on any atom is 0.119 e. The molecule has 0 N–H and O–H groups in total. The molecule has 5 rings (SSSR count). The molecule has 1 aromatic carbocycles. The van der Waals surface area contributed by atoms with E-state index in [0.29, 0.717) is 5.41 Å². The lowest BCUT2D eigenvalue weighted by Gasteiger charge is -2.62. The van der Waals surface area contributed by atoms with E-state index in [1.54, 1.807) is 18.2 Å². The maximum atomic E-state index is 5.61. The van der Waals surface area contributed by atoms with Crippen LogP contribution in [0.25, 0.3) is 0 Å². The van der Waals surface area contributed by atoms with Crippen molar-refractivity contribution in [3.63, 3.8) is 0 Å². The van der Waals surface area contributed by atoms with Gasteiger partial charge in [-0.15, -0.1) is 12.4 Å². The van der Waals surface area contributed by atoms with Crippen molar-refractivity contribution in [2.45, 2.75) is 63.3 Å². The van der Waals surface area contributed by atoms with Gasteiger partial charge in [-0.05, 0) is 86.1 Å². The highest BCUT2D eigenvalue weighted by Crippen LogP contribution is 2.59. The van der Waals surface area contributed by atoms with Gasteiger partial charge in [0, 0.05) is 18.0 Å². The number of likely N-dealkylation sites (tertiary alicyclic amines) is 1. The Balaban J connectivity index is 0.00000180. The average Bonchev–Trinajstić information content (AvgIpc) is 2.58. The molecular formula is C24H34ClNO. The molecule has 0 unspecified atom stereocenters. The maximum absolute atomic E-state index is 5.61. The molecule has 0 radical (unpaired) electrons. The number of ether oxygens (including phenoxy) is 1. The standard InChI is InChI=1S/C24H33NO.ClH/c1-16-11-17(2)23-22-12-19-7-8-20(26-3)13-21(19)24(23,14-16)9-10-25(22)15-18-5-4-6-18;/h7-8,13,17-18,22-23H,1,4-6,9-12,14-15H2,2-3H3;1H/t17-,22+,23-,24+;/m0./s1. The Morgan fingerprint density at radius 2 is 2.07 bits per heavy atom. The number of fused-ring (bicyclic) bond motifs is 1. The van der Waals surface area contributed by atoms with Crippen molar-refractivity contribution >= 4 is 12.4 Å². The minimum Gasteiger partial charge on any atom is -0.497 e. The Kier molecular flexibility index (Phi) is 5.10. The predicted octanol–water partition coefficient (Wildman–Crippen LogP) is 5.39. The van der Waals surface area contributed by atoms with E-state index >= 15 is 0 Å². The van der Waals surface area contributed by atoms with Gasteiger partial charge in [0.15, 0.2) is 0 Å². The van der Waals surface area contributed by atoms with Crippen LogP contribution in [-0.4, -0.2) is 31.1 Å². The summed E-state index contributed by atoms with van der Waals surface area (Å²) in [6.07, 6.45) is 9.31. The fraction of sp³-hybridized carbons (Fsp3) is 0.667. The van der Waals surface area contributed by atoms with Gasteiger partial charge in [0.25, 0.3) is 0 Å². The zero-order valence-corrected chi connectivity index (χ0v) is 17.7. The molecule has 2 bridgehead atoms. The second kappa shape index (κ2) is 7.12. The third-order valence-electron chi connectivity index (χ3n) is 8.16. The number of benzene rings is 1. The molecule has 4 aliphatic rings. The lowest BCUT2D eigenvalue weighted by atomic mass is 9.49. The van der Waals surface area contributed by atoms with E-state index in [9.17, 15) is 0 Å². The Morgan fingerprint density at radius 3 is 2.78 bits per heavy atom. The predicted molar refractivity (Wildman–Crippen MR) is 114 cm³/mol. The normalized spacial score (nSPS) is 35.5. The van der Waals surface area contributed by atoms with Crippen molar-refractivity contribution in [3.8, 4) is 5.75 Å². The molecule has 0 aromatic heterocycles. The smallest absolute Gasteiger partial charge is 0.119 e. The lowest BCUT2D eigenvalue weighted by Crippen LogP contribution is -2.63. The van der Waals surface area contributed by atoms with Crippen molar-refractivity contribution in [1.29, 1.82) is 0 Å². The molecule has 1 aliphatic heterocycles. The largest absolute Gasteiger partial charge is 0.497 e. The van der Waals surface area contributed by atoms with Gasteiger partial charge >= 0.3 is 0 Å². The van der Waals surface area contributed by atoms with Gasteiger partial charge in [-0.1, -0.05) is 31.6 Å². The van der Waals surface area contributed by atoms with Crippen molar-refractivity contribution in [1.82, 2.24) is 4.90 Å². The van der Waals surface area contributed by atoms with Crippen LogP contribution in [0.3, 0.4) is 0 Å². The molecule has 0 spiro atoms. The first kappa shape index (κ1) is 19.3. The summed E-state index contributed by atoms with van der Waals surface area (Å²) in [5.74, 6) is 3.51. The second-order valence-electron chi connectivity index (χ2n) is 9.63. The highest BCUT2D eigenvalue weighted by atomic mass is 35.5. The third kappa shape index (κ3) is 2.95. The third-order valence-corrected chi connectivity index (χ3v) is 8.16. The number of piperidine rings is 1. The molecule has 148 valence electrons.